The van der Waals surface area contributed by atoms with Crippen molar-refractivity contribution in [2.75, 3.05) is 13.7 Å². The van der Waals surface area contributed by atoms with Gasteiger partial charge in [0, 0.05) is 18.9 Å². The fourth-order valence-electron chi connectivity index (χ4n) is 3.98. The predicted octanol–water partition coefficient (Wildman–Crippen LogP) is 4.55. The van der Waals surface area contributed by atoms with E-state index < -0.39 is 21.0 Å². The van der Waals surface area contributed by atoms with Crippen LogP contribution in [0.5, 0.6) is 5.75 Å². The van der Waals surface area contributed by atoms with Crippen LogP contribution in [0.15, 0.2) is 114 Å². The molecular formula is C28H26N2O4S. The van der Waals surface area contributed by atoms with Gasteiger partial charge in [-0.1, -0.05) is 66.7 Å². The Hall–Kier alpha value is -3.97. The highest BCUT2D eigenvalue weighted by Gasteiger charge is 2.31. The van der Waals surface area contributed by atoms with E-state index in [-0.39, 0.29) is 17.3 Å². The van der Waals surface area contributed by atoms with Gasteiger partial charge in [0.05, 0.1) is 17.9 Å². The molecule has 35 heavy (non-hydrogen) atoms. The summed E-state index contributed by atoms with van der Waals surface area (Å²) in [6.07, 6.45) is 3.10. The molecule has 0 saturated heterocycles. The van der Waals surface area contributed by atoms with E-state index in [1.165, 1.54) is 25.4 Å². The number of nitrogens with zero attached hydrogens (tertiary/aromatic N) is 1. The number of carbonyl (C=O) groups is 1. The second-order valence-electron chi connectivity index (χ2n) is 8.00. The van der Waals surface area contributed by atoms with Crippen LogP contribution in [0, 0.1) is 0 Å². The molecule has 1 aromatic heterocycles. The van der Waals surface area contributed by atoms with E-state index in [0.29, 0.717) is 11.3 Å². The Kier molecular flexibility index (Phi) is 7.57. The summed E-state index contributed by atoms with van der Waals surface area (Å²) in [6, 6.07) is 28.5. The minimum absolute atomic E-state index is 0.102. The van der Waals surface area contributed by atoms with E-state index in [9.17, 15) is 13.2 Å². The lowest BCUT2D eigenvalue weighted by Gasteiger charge is -2.22. The van der Waals surface area contributed by atoms with Crippen LogP contribution in [0.4, 0.5) is 0 Å². The van der Waals surface area contributed by atoms with Gasteiger partial charge < -0.3 is 10.1 Å². The third-order valence-corrected chi connectivity index (χ3v) is 7.93. The van der Waals surface area contributed by atoms with Gasteiger partial charge in [-0.05, 0) is 47.0 Å². The number of sulfone groups is 1. The molecule has 178 valence electrons. The molecule has 0 aliphatic carbocycles. The van der Waals surface area contributed by atoms with Crippen molar-refractivity contribution in [2.24, 2.45) is 0 Å². The molecule has 4 aromatic rings. The van der Waals surface area contributed by atoms with Crippen LogP contribution >= 0.6 is 0 Å². The summed E-state index contributed by atoms with van der Waals surface area (Å²) >= 11 is 0. The highest BCUT2D eigenvalue weighted by atomic mass is 32.2. The predicted molar refractivity (Wildman–Crippen MR) is 135 cm³/mol. The highest BCUT2D eigenvalue weighted by Crippen LogP contribution is 2.30. The Morgan fingerprint density at radius 1 is 0.829 bits per heavy atom. The molecule has 1 amide bonds. The first-order valence-electron chi connectivity index (χ1n) is 11.2. The first-order valence-corrected chi connectivity index (χ1v) is 12.7. The molecule has 3 aromatic carbocycles. The van der Waals surface area contributed by atoms with Gasteiger partial charge in [0.25, 0.3) is 0 Å². The van der Waals surface area contributed by atoms with Crippen molar-refractivity contribution in [1.29, 1.82) is 0 Å². The summed E-state index contributed by atoms with van der Waals surface area (Å²) in [7, 11) is -2.32. The molecule has 0 saturated carbocycles. The molecule has 0 unspecified atom stereocenters. The molecule has 0 radical (unpaired) electrons. The van der Waals surface area contributed by atoms with Gasteiger partial charge in [-0.15, -0.1) is 0 Å². The van der Waals surface area contributed by atoms with Crippen LogP contribution in [-0.2, 0) is 14.6 Å². The summed E-state index contributed by atoms with van der Waals surface area (Å²) in [5.74, 6) is -0.291. The molecule has 7 heteroatoms. The van der Waals surface area contributed by atoms with E-state index >= 15 is 0 Å². The number of hydrogen-bond acceptors (Lipinski definition) is 5. The first kappa shape index (κ1) is 24.2. The maximum absolute atomic E-state index is 13.6. The van der Waals surface area contributed by atoms with Gasteiger partial charge in [-0.25, -0.2) is 8.42 Å². The topological polar surface area (TPSA) is 85.4 Å². The van der Waals surface area contributed by atoms with Crippen LogP contribution < -0.4 is 10.1 Å². The smallest absolute Gasteiger partial charge is 0.232 e. The lowest BCUT2D eigenvalue weighted by Crippen LogP contribution is -2.35. The van der Waals surface area contributed by atoms with Crippen molar-refractivity contribution in [3.8, 4) is 5.75 Å². The van der Waals surface area contributed by atoms with Crippen molar-refractivity contribution < 1.29 is 17.9 Å². The van der Waals surface area contributed by atoms with Crippen LogP contribution in [0.3, 0.4) is 0 Å². The average Bonchev–Trinajstić information content (AvgIpc) is 2.91. The maximum Gasteiger partial charge on any atom is 0.232 e. The summed E-state index contributed by atoms with van der Waals surface area (Å²) in [4.78, 5) is 17.7. The third-order valence-electron chi connectivity index (χ3n) is 5.81. The van der Waals surface area contributed by atoms with E-state index in [0.717, 1.165) is 11.1 Å². The van der Waals surface area contributed by atoms with Crippen molar-refractivity contribution in [3.63, 3.8) is 0 Å². The Morgan fingerprint density at radius 2 is 1.40 bits per heavy atom. The number of carbonyl (C=O) groups excluding carboxylic acids is 1. The van der Waals surface area contributed by atoms with E-state index in [1.807, 2.05) is 60.7 Å². The molecule has 0 aliphatic heterocycles. The van der Waals surface area contributed by atoms with Crippen molar-refractivity contribution >= 4 is 15.7 Å². The first-order chi connectivity index (χ1) is 17.0. The standard InChI is InChI=1S/C28H26N2O4S/c1-34-24-14-16-25(17-15-24)35(32,33)26(23-13-8-18-29-19-23)20-30-28(31)27(21-9-4-2-5-10-21)22-11-6-3-7-12-22/h2-19,26-27H,20H2,1H3,(H,30,31)/t26-/m1/s1. The zero-order valence-electron chi connectivity index (χ0n) is 19.2. The maximum atomic E-state index is 13.6. The molecule has 0 aliphatic rings. The summed E-state index contributed by atoms with van der Waals surface area (Å²) < 4.78 is 32.4. The van der Waals surface area contributed by atoms with Crippen molar-refractivity contribution in [3.05, 3.63) is 126 Å². The number of nitrogens with one attached hydrogen (secondary N) is 1. The van der Waals surface area contributed by atoms with Gasteiger partial charge in [-0.2, -0.15) is 0 Å². The minimum atomic E-state index is -3.84. The fourth-order valence-corrected chi connectivity index (χ4v) is 5.63. The average molecular weight is 487 g/mol. The van der Waals surface area contributed by atoms with Crippen LogP contribution in [0.25, 0.3) is 0 Å². The third kappa shape index (κ3) is 5.58. The lowest BCUT2D eigenvalue weighted by molar-refractivity contribution is -0.121. The Labute approximate surface area is 205 Å². The zero-order valence-corrected chi connectivity index (χ0v) is 20.1. The minimum Gasteiger partial charge on any atom is -0.497 e. The molecule has 0 fully saturated rings. The molecular weight excluding hydrogens is 460 g/mol. The molecule has 0 spiro atoms. The SMILES string of the molecule is COc1ccc(S(=O)(=O)[C@H](CNC(=O)C(c2ccccc2)c2ccccc2)c2cccnc2)cc1. The van der Waals surface area contributed by atoms with Gasteiger partial charge in [0.2, 0.25) is 5.91 Å². The number of pyridine rings is 1. The number of rotatable bonds is 9. The Morgan fingerprint density at radius 3 is 1.91 bits per heavy atom. The van der Waals surface area contributed by atoms with E-state index in [1.54, 1.807) is 30.5 Å². The Bertz CT molecular complexity index is 1310. The van der Waals surface area contributed by atoms with Gasteiger partial charge in [-0.3, -0.25) is 9.78 Å². The highest BCUT2D eigenvalue weighted by molar-refractivity contribution is 7.91. The van der Waals surface area contributed by atoms with Gasteiger partial charge in [0.1, 0.15) is 11.0 Å². The molecule has 1 atom stereocenters. The zero-order chi connectivity index (χ0) is 24.7. The van der Waals surface area contributed by atoms with Crippen LogP contribution in [0.1, 0.15) is 27.9 Å². The molecule has 1 heterocycles. The van der Waals surface area contributed by atoms with Crippen molar-refractivity contribution in [1.82, 2.24) is 10.3 Å². The second-order valence-corrected chi connectivity index (χ2v) is 10.1. The number of methoxy groups -OCH3 is 1. The van der Waals surface area contributed by atoms with Gasteiger partial charge in [0.15, 0.2) is 9.84 Å². The summed E-state index contributed by atoms with van der Waals surface area (Å²) in [5, 5.41) is 1.89. The quantitative estimate of drug-likeness (QED) is 0.375. The number of amides is 1. The number of aromatic nitrogens is 1. The monoisotopic (exact) mass is 486 g/mol. The normalized spacial score (nSPS) is 12.2. The molecule has 1 N–H and O–H groups in total. The molecule has 6 nitrogen and oxygen atoms in total. The second kappa shape index (κ2) is 11.0. The summed E-state index contributed by atoms with van der Waals surface area (Å²) in [5.41, 5.74) is 2.15. The Balaban J connectivity index is 1.65. The van der Waals surface area contributed by atoms with E-state index in [4.69, 9.17) is 4.74 Å². The number of ether oxygens (including phenoxy) is 1. The molecule has 0 bridgehead atoms. The lowest BCUT2D eigenvalue weighted by atomic mass is 9.90. The summed E-state index contributed by atoms with van der Waals surface area (Å²) in [6.45, 7) is -0.102. The number of benzene rings is 3. The van der Waals surface area contributed by atoms with Crippen LogP contribution in [-0.4, -0.2) is 33.0 Å². The fraction of sp³-hybridized carbons (Fsp3) is 0.143. The largest absolute Gasteiger partial charge is 0.497 e. The van der Waals surface area contributed by atoms with E-state index in [2.05, 4.69) is 10.3 Å². The number of hydrogen-bond donors (Lipinski definition) is 1. The molecule has 4 rings (SSSR count). The van der Waals surface area contributed by atoms with Crippen molar-refractivity contribution in [2.45, 2.75) is 16.1 Å². The van der Waals surface area contributed by atoms with Gasteiger partial charge >= 0.3 is 0 Å². The van der Waals surface area contributed by atoms with Crippen LogP contribution in [0.2, 0.25) is 0 Å².